The number of carbonyl (C=O) groups excluding carboxylic acids is 1. The monoisotopic (exact) mass is 312 g/mol. The van der Waals surface area contributed by atoms with Crippen molar-refractivity contribution in [3.8, 4) is 0 Å². The summed E-state index contributed by atoms with van der Waals surface area (Å²) in [7, 11) is 2.10. The van der Waals surface area contributed by atoms with Gasteiger partial charge in [-0.1, -0.05) is 0 Å². The van der Waals surface area contributed by atoms with E-state index in [1.54, 1.807) is 0 Å². The van der Waals surface area contributed by atoms with Crippen LogP contribution in [-0.4, -0.2) is 37.0 Å². The highest BCUT2D eigenvalue weighted by atomic mass is 35.5. The summed E-state index contributed by atoms with van der Waals surface area (Å²) in [6.07, 6.45) is 9.34. The Hall–Kier alpha value is -0.280. The number of rotatable bonds is 2. The van der Waals surface area contributed by atoms with Crippen molar-refractivity contribution in [3.63, 3.8) is 0 Å². The summed E-state index contributed by atoms with van der Waals surface area (Å²) in [4.78, 5) is 15.0. The van der Waals surface area contributed by atoms with Crippen molar-refractivity contribution in [2.24, 2.45) is 29.6 Å². The van der Waals surface area contributed by atoms with Gasteiger partial charge in [0, 0.05) is 19.6 Å². The summed E-state index contributed by atoms with van der Waals surface area (Å²) in [5.41, 5.74) is 0. The molecule has 0 radical (unpaired) electrons. The number of carbonyl (C=O) groups is 1. The highest BCUT2D eigenvalue weighted by molar-refractivity contribution is 5.85. The number of piperidine rings is 1. The second-order valence-electron chi connectivity index (χ2n) is 7.91. The zero-order valence-electron chi connectivity index (χ0n) is 13.1. The van der Waals surface area contributed by atoms with Gasteiger partial charge in [-0.15, -0.1) is 12.4 Å². The van der Waals surface area contributed by atoms with E-state index in [1.165, 1.54) is 32.1 Å². The van der Waals surface area contributed by atoms with Crippen LogP contribution in [0.3, 0.4) is 0 Å². The Bertz CT molecular complexity index is 366. The fraction of sp³-hybridized carbons (Fsp3) is 0.941. The minimum atomic E-state index is 0. The third kappa shape index (κ3) is 2.72. The van der Waals surface area contributed by atoms with Crippen molar-refractivity contribution in [1.29, 1.82) is 0 Å². The molecule has 21 heavy (non-hydrogen) atoms. The maximum absolute atomic E-state index is 12.8. The molecule has 0 aromatic heterocycles. The van der Waals surface area contributed by atoms with Gasteiger partial charge in [0.15, 0.2) is 0 Å². The minimum absolute atomic E-state index is 0. The summed E-state index contributed by atoms with van der Waals surface area (Å²) in [6.45, 7) is 1.99. The lowest BCUT2D eigenvalue weighted by atomic mass is 9.54. The molecule has 1 saturated heterocycles. The van der Waals surface area contributed by atoms with Crippen molar-refractivity contribution >= 4 is 18.3 Å². The molecule has 4 aliphatic carbocycles. The van der Waals surface area contributed by atoms with Gasteiger partial charge in [0.2, 0.25) is 5.91 Å². The van der Waals surface area contributed by atoms with Crippen molar-refractivity contribution in [3.05, 3.63) is 0 Å². The first-order valence-corrected chi connectivity index (χ1v) is 8.69. The zero-order valence-corrected chi connectivity index (χ0v) is 13.9. The van der Waals surface area contributed by atoms with Gasteiger partial charge in [-0.2, -0.15) is 0 Å². The average molecular weight is 313 g/mol. The molecule has 120 valence electrons. The van der Waals surface area contributed by atoms with Crippen LogP contribution in [-0.2, 0) is 4.79 Å². The number of halogens is 1. The molecular formula is C17H29ClN2O. The van der Waals surface area contributed by atoms with Gasteiger partial charge < -0.3 is 10.2 Å². The fourth-order valence-corrected chi connectivity index (χ4v) is 6.03. The van der Waals surface area contributed by atoms with Crippen LogP contribution in [0, 0.1) is 29.6 Å². The summed E-state index contributed by atoms with van der Waals surface area (Å²) >= 11 is 0. The molecule has 1 aliphatic heterocycles. The standard InChI is InChI=1S/C17H28N2O.ClH/c1-19(17(20)13-3-2-4-18-10-13)16-14-6-11-5-12(8-14)9-15(16)7-11;/h11-16,18H,2-10H2,1H3;1H/t11?,12?,13-,14?,15?,16?;/m1./s1. The average Bonchev–Trinajstić information content (AvgIpc) is 2.46. The normalized spacial score (nSPS) is 44.2. The molecule has 4 heteroatoms. The van der Waals surface area contributed by atoms with Crippen molar-refractivity contribution < 1.29 is 4.79 Å². The molecule has 3 nitrogen and oxygen atoms in total. The Morgan fingerprint density at radius 2 is 1.67 bits per heavy atom. The van der Waals surface area contributed by atoms with E-state index >= 15 is 0 Å². The van der Waals surface area contributed by atoms with E-state index in [4.69, 9.17) is 0 Å². The lowest BCUT2D eigenvalue weighted by Gasteiger charge is -2.57. The first-order chi connectivity index (χ1) is 9.72. The second-order valence-corrected chi connectivity index (χ2v) is 7.91. The largest absolute Gasteiger partial charge is 0.342 e. The molecule has 4 bridgehead atoms. The molecule has 1 N–H and O–H groups in total. The number of amides is 1. The van der Waals surface area contributed by atoms with Gasteiger partial charge in [-0.3, -0.25) is 4.79 Å². The zero-order chi connectivity index (χ0) is 13.7. The Labute approximate surface area is 134 Å². The molecule has 5 rings (SSSR count). The molecule has 0 aromatic carbocycles. The van der Waals surface area contributed by atoms with E-state index < -0.39 is 0 Å². The van der Waals surface area contributed by atoms with Crippen molar-refractivity contribution in [2.45, 2.75) is 51.0 Å². The van der Waals surface area contributed by atoms with Gasteiger partial charge >= 0.3 is 0 Å². The predicted octanol–water partition coefficient (Wildman–Crippen LogP) is 2.69. The van der Waals surface area contributed by atoms with E-state index in [0.717, 1.165) is 49.6 Å². The van der Waals surface area contributed by atoms with Crippen LogP contribution < -0.4 is 5.32 Å². The maximum Gasteiger partial charge on any atom is 0.226 e. The predicted molar refractivity (Wildman–Crippen MR) is 86.4 cm³/mol. The smallest absolute Gasteiger partial charge is 0.226 e. The Morgan fingerprint density at radius 3 is 2.19 bits per heavy atom. The maximum atomic E-state index is 12.8. The molecule has 4 saturated carbocycles. The van der Waals surface area contributed by atoms with E-state index in [-0.39, 0.29) is 18.3 Å². The van der Waals surface area contributed by atoms with E-state index in [2.05, 4.69) is 17.3 Å². The lowest BCUT2D eigenvalue weighted by Crippen LogP contribution is -2.57. The van der Waals surface area contributed by atoms with Crippen LogP contribution >= 0.6 is 12.4 Å². The van der Waals surface area contributed by atoms with E-state index in [0.29, 0.717) is 11.9 Å². The van der Waals surface area contributed by atoms with Crippen LogP contribution in [0.15, 0.2) is 0 Å². The van der Waals surface area contributed by atoms with Crippen molar-refractivity contribution in [1.82, 2.24) is 10.2 Å². The lowest BCUT2D eigenvalue weighted by molar-refractivity contribution is -0.145. The molecule has 1 heterocycles. The van der Waals surface area contributed by atoms with E-state index in [1.807, 2.05) is 0 Å². The SMILES string of the molecule is CN(C(=O)[C@@H]1CCCNC1)C1C2CC3CC(C2)CC1C3.Cl. The number of hydrogen-bond donors (Lipinski definition) is 1. The molecule has 0 spiro atoms. The summed E-state index contributed by atoms with van der Waals surface area (Å²) < 4.78 is 0. The highest BCUT2D eigenvalue weighted by Crippen LogP contribution is 2.55. The van der Waals surface area contributed by atoms with Crippen LogP contribution in [0.5, 0.6) is 0 Å². The van der Waals surface area contributed by atoms with E-state index in [9.17, 15) is 4.79 Å². The molecule has 0 aromatic rings. The van der Waals surface area contributed by atoms with Gasteiger partial charge in [-0.25, -0.2) is 0 Å². The number of hydrogen-bond acceptors (Lipinski definition) is 2. The van der Waals surface area contributed by atoms with Crippen LogP contribution in [0.1, 0.15) is 44.9 Å². The minimum Gasteiger partial charge on any atom is -0.342 e. The molecule has 1 atom stereocenters. The molecular weight excluding hydrogens is 284 g/mol. The first kappa shape index (κ1) is 15.6. The quantitative estimate of drug-likeness (QED) is 0.850. The third-order valence-electron chi connectivity index (χ3n) is 6.62. The van der Waals surface area contributed by atoms with Gasteiger partial charge in [0.25, 0.3) is 0 Å². The molecule has 0 unspecified atom stereocenters. The number of nitrogens with one attached hydrogen (secondary N) is 1. The Kier molecular flexibility index (Phi) is 4.52. The second kappa shape index (κ2) is 6.08. The molecule has 5 aliphatic rings. The fourth-order valence-electron chi connectivity index (χ4n) is 6.03. The molecule has 5 fully saturated rings. The third-order valence-corrected chi connectivity index (χ3v) is 6.62. The highest BCUT2D eigenvalue weighted by Gasteiger charge is 2.50. The topological polar surface area (TPSA) is 32.3 Å². The summed E-state index contributed by atoms with van der Waals surface area (Å²) in [5.74, 6) is 4.29. The van der Waals surface area contributed by atoms with Crippen LogP contribution in [0.4, 0.5) is 0 Å². The van der Waals surface area contributed by atoms with Crippen molar-refractivity contribution in [2.75, 3.05) is 20.1 Å². The Morgan fingerprint density at radius 1 is 1.05 bits per heavy atom. The summed E-state index contributed by atoms with van der Waals surface area (Å²) in [5, 5.41) is 3.39. The summed E-state index contributed by atoms with van der Waals surface area (Å²) in [6, 6.07) is 0.567. The number of nitrogens with zero attached hydrogens (tertiary/aromatic N) is 1. The first-order valence-electron chi connectivity index (χ1n) is 8.69. The van der Waals surface area contributed by atoms with Crippen LogP contribution in [0.2, 0.25) is 0 Å². The Balaban J connectivity index is 0.00000132. The van der Waals surface area contributed by atoms with Gasteiger partial charge in [0.05, 0.1) is 5.92 Å². The van der Waals surface area contributed by atoms with Crippen LogP contribution in [0.25, 0.3) is 0 Å². The van der Waals surface area contributed by atoms with Gasteiger partial charge in [-0.05, 0) is 75.2 Å². The van der Waals surface area contributed by atoms with Gasteiger partial charge in [0.1, 0.15) is 0 Å². The molecule has 1 amide bonds.